The zero-order valence-corrected chi connectivity index (χ0v) is 20.4. The zero-order valence-electron chi connectivity index (χ0n) is 20.4. The fourth-order valence-corrected chi connectivity index (χ4v) is 4.63. The highest BCUT2D eigenvalue weighted by atomic mass is 19.1. The minimum absolute atomic E-state index is 0.00314. The van der Waals surface area contributed by atoms with E-state index < -0.39 is 30.1 Å². The fraction of sp³-hybridized carbons (Fsp3) is 0.259. The second kappa shape index (κ2) is 11.2. The lowest BCUT2D eigenvalue weighted by Crippen LogP contribution is -2.47. The standard InChI is InChI=1S/C27H25F2N7O2/c28-19-6-5-9-21(16-19)36(24(37)17-35-33-26(32-34-35)22-10-3-4-11-23(22)29)25(18-12-14-30-15-13-18)27(38)31-20-7-1-2-8-20/h3-6,9-16,20,25H,1-2,7-8,17H2,(H,31,38)/t25-/m0/s1. The Balaban J connectivity index is 1.50. The number of pyridine rings is 1. The molecule has 2 heterocycles. The number of benzene rings is 2. The Labute approximate surface area is 217 Å². The normalized spacial score (nSPS) is 14.3. The molecule has 1 fully saturated rings. The second-order valence-corrected chi connectivity index (χ2v) is 9.04. The maximum Gasteiger partial charge on any atom is 0.251 e. The van der Waals surface area contributed by atoms with Crippen molar-refractivity contribution >= 4 is 17.5 Å². The van der Waals surface area contributed by atoms with Crippen LogP contribution in [0.15, 0.2) is 73.1 Å². The van der Waals surface area contributed by atoms with Crippen LogP contribution in [-0.4, -0.2) is 43.0 Å². The summed E-state index contributed by atoms with van der Waals surface area (Å²) >= 11 is 0. The number of carbonyl (C=O) groups excluding carboxylic acids is 2. The quantitative estimate of drug-likeness (QED) is 0.381. The van der Waals surface area contributed by atoms with Crippen molar-refractivity contribution in [3.8, 4) is 11.4 Å². The molecular weight excluding hydrogens is 492 g/mol. The predicted octanol–water partition coefficient (Wildman–Crippen LogP) is 3.85. The molecule has 4 aromatic rings. The summed E-state index contributed by atoms with van der Waals surface area (Å²) in [6, 6.07) is 13.6. The Morgan fingerprint density at radius 2 is 1.79 bits per heavy atom. The van der Waals surface area contributed by atoms with Gasteiger partial charge in [-0.3, -0.25) is 19.5 Å². The van der Waals surface area contributed by atoms with Gasteiger partial charge in [0.25, 0.3) is 5.91 Å². The lowest BCUT2D eigenvalue weighted by molar-refractivity contribution is -0.127. The lowest BCUT2D eigenvalue weighted by Gasteiger charge is -2.32. The summed E-state index contributed by atoms with van der Waals surface area (Å²) in [4.78, 5) is 33.8. The van der Waals surface area contributed by atoms with E-state index in [-0.39, 0.29) is 29.0 Å². The first-order chi connectivity index (χ1) is 18.5. The summed E-state index contributed by atoms with van der Waals surface area (Å²) in [7, 11) is 0. The molecule has 2 aromatic carbocycles. The van der Waals surface area contributed by atoms with Gasteiger partial charge in [-0.25, -0.2) is 8.78 Å². The van der Waals surface area contributed by atoms with Crippen LogP contribution in [0.2, 0.25) is 0 Å². The van der Waals surface area contributed by atoms with E-state index in [0.717, 1.165) is 30.5 Å². The van der Waals surface area contributed by atoms with Crippen molar-refractivity contribution in [1.29, 1.82) is 0 Å². The number of aromatic nitrogens is 5. The summed E-state index contributed by atoms with van der Waals surface area (Å²) in [6.07, 6.45) is 6.78. The van der Waals surface area contributed by atoms with E-state index in [1.807, 2.05) is 0 Å². The molecule has 1 atom stereocenters. The van der Waals surface area contributed by atoms with E-state index in [9.17, 15) is 18.4 Å². The van der Waals surface area contributed by atoms with Crippen molar-refractivity contribution in [3.63, 3.8) is 0 Å². The SMILES string of the molecule is O=C(NC1CCCC1)[C@H](c1ccncc1)N(C(=O)Cn1nnc(-c2ccccc2F)n1)c1cccc(F)c1. The van der Waals surface area contributed by atoms with E-state index in [0.29, 0.717) is 5.56 Å². The summed E-state index contributed by atoms with van der Waals surface area (Å²) < 4.78 is 28.5. The van der Waals surface area contributed by atoms with Crippen LogP contribution in [-0.2, 0) is 16.1 Å². The van der Waals surface area contributed by atoms with Crippen LogP contribution in [0.5, 0.6) is 0 Å². The number of amides is 2. The van der Waals surface area contributed by atoms with Gasteiger partial charge >= 0.3 is 0 Å². The largest absolute Gasteiger partial charge is 0.351 e. The van der Waals surface area contributed by atoms with Gasteiger partial charge in [-0.2, -0.15) is 4.80 Å². The second-order valence-electron chi connectivity index (χ2n) is 9.04. The molecule has 1 N–H and O–H groups in total. The first-order valence-electron chi connectivity index (χ1n) is 12.3. The molecule has 2 aromatic heterocycles. The van der Waals surface area contributed by atoms with Gasteiger partial charge in [0.2, 0.25) is 11.7 Å². The summed E-state index contributed by atoms with van der Waals surface area (Å²) in [5.74, 6) is -2.06. The maximum absolute atomic E-state index is 14.3. The van der Waals surface area contributed by atoms with Crippen LogP contribution < -0.4 is 10.2 Å². The topological polar surface area (TPSA) is 106 Å². The van der Waals surface area contributed by atoms with Crippen molar-refractivity contribution in [1.82, 2.24) is 30.5 Å². The Morgan fingerprint density at radius 3 is 2.53 bits per heavy atom. The van der Waals surface area contributed by atoms with Crippen LogP contribution in [0.1, 0.15) is 37.3 Å². The number of hydrogen-bond acceptors (Lipinski definition) is 6. The van der Waals surface area contributed by atoms with E-state index in [2.05, 4.69) is 25.7 Å². The monoisotopic (exact) mass is 517 g/mol. The highest BCUT2D eigenvalue weighted by molar-refractivity contribution is 6.01. The highest BCUT2D eigenvalue weighted by Gasteiger charge is 2.35. The van der Waals surface area contributed by atoms with Crippen LogP contribution in [0.4, 0.5) is 14.5 Å². The van der Waals surface area contributed by atoms with Gasteiger partial charge < -0.3 is 5.32 Å². The number of tetrazole rings is 1. The Kier molecular flexibility index (Phi) is 7.43. The summed E-state index contributed by atoms with van der Waals surface area (Å²) in [6.45, 7) is -0.420. The number of hydrogen-bond donors (Lipinski definition) is 1. The molecular formula is C27H25F2N7O2. The molecule has 1 aliphatic carbocycles. The Bertz CT molecular complexity index is 1420. The van der Waals surface area contributed by atoms with E-state index in [4.69, 9.17) is 0 Å². The van der Waals surface area contributed by atoms with Crippen molar-refractivity contribution in [2.24, 2.45) is 0 Å². The average molecular weight is 518 g/mol. The van der Waals surface area contributed by atoms with Crippen molar-refractivity contribution < 1.29 is 18.4 Å². The summed E-state index contributed by atoms with van der Waals surface area (Å²) in [5.41, 5.74) is 0.832. The fourth-order valence-electron chi connectivity index (χ4n) is 4.63. The average Bonchev–Trinajstić information content (AvgIpc) is 3.60. The summed E-state index contributed by atoms with van der Waals surface area (Å²) in [5, 5.41) is 15.0. The minimum Gasteiger partial charge on any atom is -0.351 e. The Morgan fingerprint density at radius 1 is 1.03 bits per heavy atom. The van der Waals surface area contributed by atoms with Crippen LogP contribution in [0.25, 0.3) is 11.4 Å². The molecule has 11 heteroatoms. The third-order valence-corrected chi connectivity index (χ3v) is 6.43. The molecule has 5 rings (SSSR count). The van der Waals surface area contributed by atoms with Gasteiger partial charge in [0, 0.05) is 24.1 Å². The maximum atomic E-state index is 14.3. The number of carbonyl (C=O) groups is 2. The third kappa shape index (κ3) is 5.56. The minimum atomic E-state index is -1.11. The van der Waals surface area contributed by atoms with Crippen molar-refractivity contribution in [2.75, 3.05) is 4.90 Å². The van der Waals surface area contributed by atoms with Crippen LogP contribution in [0.3, 0.4) is 0 Å². The number of nitrogens with one attached hydrogen (secondary N) is 1. The van der Waals surface area contributed by atoms with Crippen LogP contribution in [0, 0.1) is 11.6 Å². The lowest BCUT2D eigenvalue weighted by atomic mass is 10.0. The highest BCUT2D eigenvalue weighted by Crippen LogP contribution is 2.30. The predicted molar refractivity (Wildman–Crippen MR) is 134 cm³/mol. The number of rotatable bonds is 8. The van der Waals surface area contributed by atoms with Gasteiger partial charge in [-0.1, -0.05) is 31.0 Å². The van der Waals surface area contributed by atoms with Gasteiger partial charge in [0.15, 0.2) is 0 Å². The first-order valence-corrected chi connectivity index (χ1v) is 12.3. The molecule has 0 radical (unpaired) electrons. The number of nitrogens with zero attached hydrogens (tertiary/aromatic N) is 6. The first kappa shape index (κ1) is 25.1. The molecule has 9 nitrogen and oxygen atoms in total. The van der Waals surface area contributed by atoms with Gasteiger partial charge in [-0.15, -0.1) is 10.2 Å². The van der Waals surface area contributed by atoms with Gasteiger partial charge in [0.1, 0.15) is 24.2 Å². The van der Waals surface area contributed by atoms with Crippen molar-refractivity contribution in [2.45, 2.75) is 44.3 Å². The number of halogens is 2. The molecule has 0 saturated heterocycles. The molecule has 2 amide bonds. The Hall–Kier alpha value is -4.54. The van der Waals surface area contributed by atoms with Gasteiger partial charge in [0.05, 0.1) is 5.56 Å². The smallest absolute Gasteiger partial charge is 0.251 e. The van der Waals surface area contributed by atoms with E-state index >= 15 is 0 Å². The molecule has 0 spiro atoms. The molecule has 0 unspecified atom stereocenters. The van der Waals surface area contributed by atoms with Crippen LogP contribution >= 0.6 is 0 Å². The molecule has 0 bridgehead atoms. The molecule has 194 valence electrons. The van der Waals surface area contributed by atoms with E-state index in [1.165, 1.54) is 47.6 Å². The van der Waals surface area contributed by atoms with Gasteiger partial charge in [-0.05, 0) is 66.1 Å². The van der Waals surface area contributed by atoms with E-state index in [1.54, 1.807) is 30.3 Å². The zero-order chi connectivity index (χ0) is 26.5. The molecule has 1 saturated carbocycles. The molecule has 0 aliphatic heterocycles. The third-order valence-electron chi connectivity index (χ3n) is 6.43. The van der Waals surface area contributed by atoms with Crippen molar-refractivity contribution in [3.05, 3.63) is 90.3 Å². The molecule has 38 heavy (non-hydrogen) atoms. The number of anilines is 1. The molecule has 1 aliphatic rings.